The summed E-state index contributed by atoms with van der Waals surface area (Å²) < 4.78 is 1.37. The molecule has 0 bridgehead atoms. The number of fused-ring (bicyclic) bond motifs is 2. The van der Waals surface area contributed by atoms with Crippen molar-refractivity contribution in [2.24, 2.45) is 112 Å². The number of alkyl halides is 1. The topological polar surface area (TPSA) is 0 Å². The SMILES string of the molecule is CC(CCC1CC([C@H](C)CC2C(CCCI)CCC3CCCCC32)CCC1C)C1CCC(C2CCC(C3CCC4CCCC[C@H]4C3)CC2C(C)(C)C)C(C)C1. The van der Waals surface area contributed by atoms with Crippen LogP contribution in [0.2, 0.25) is 0 Å². The molecule has 0 spiro atoms. The van der Waals surface area contributed by atoms with Gasteiger partial charge in [-0.25, -0.2) is 0 Å². The van der Waals surface area contributed by atoms with Crippen molar-refractivity contribution in [1.29, 1.82) is 0 Å². The Labute approximate surface area is 358 Å². The molecule has 0 amide bonds. The van der Waals surface area contributed by atoms with Gasteiger partial charge >= 0.3 is 0 Å². The molecule has 0 N–H and O–H groups in total. The van der Waals surface area contributed by atoms with Crippen molar-refractivity contribution in [3.05, 3.63) is 0 Å². The van der Waals surface area contributed by atoms with E-state index in [2.05, 4.69) is 71.1 Å². The summed E-state index contributed by atoms with van der Waals surface area (Å²) >= 11 is 2.64. The third kappa shape index (κ3) is 10.8. The van der Waals surface area contributed by atoms with Crippen LogP contribution in [0.1, 0.15) is 222 Å². The zero-order valence-corrected chi connectivity index (χ0v) is 40.2. The van der Waals surface area contributed by atoms with Gasteiger partial charge in [0.2, 0.25) is 0 Å². The highest BCUT2D eigenvalue weighted by atomic mass is 127. The average molecular weight is 871 g/mol. The molecule has 0 saturated heterocycles. The quantitative estimate of drug-likeness (QED) is 0.135. The van der Waals surface area contributed by atoms with Crippen molar-refractivity contribution in [2.75, 3.05) is 4.43 Å². The molecule has 7 rings (SSSR count). The van der Waals surface area contributed by atoms with Gasteiger partial charge < -0.3 is 0 Å². The molecular weight excluding hydrogens is 775 g/mol. The van der Waals surface area contributed by atoms with Gasteiger partial charge in [-0.3, -0.25) is 0 Å². The molecule has 7 aliphatic carbocycles. The molecule has 18 atom stereocenters. The molecule has 0 heterocycles. The molecule has 16 unspecified atom stereocenters. The van der Waals surface area contributed by atoms with Crippen molar-refractivity contribution in [3.63, 3.8) is 0 Å². The van der Waals surface area contributed by atoms with E-state index in [1.165, 1.54) is 75.1 Å². The molecule has 7 saturated carbocycles. The Balaban J connectivity index is 0.889. The van der Waals surface area contributed by atoms with Crippen LogP contribution < -0.4 is 0 Å². The van der Waals surface area contributed by atoms with E-state index in [-0.39, 0.29) is 0 Å². The van der Waals surface area contributed by atoms with Crippen molar-refractivity contribution in [1.82, 2.24) is 0 Å². The Morgan fingerprint density at radius 1 is 0.509 bits per heavy atom. The molecule has 7 fully saturated rings. The first-order valence-corrected chi connectivity index (χ1v) is 27.6. The summed E-state index contributed by atoms with van der Waals surface area (Å²) in [5.74, 6) is 18.3. The smallest absolute Gasteiger partial charge is 0.000462 e. The molecule has 55 heavy (non-hydrogen) atoms. The zero-order chi connectivity index (χ0) is 38.7. The van der Waals surface area contributed by atoms with Gasteiger partial charge in [0.05, 0.1) is 0 Å². The van der Waals surface area contributed by atoms with E-state index in [1.54, 1.807) is 103 Å². The van der Waals surface area contributed by atoms with E-state index in [1.807, 2.05) is 0 Å². The van der Waals surface area contributed by atoms with Crippen LogP contribution in [-0.4, -0.2) is 4.43 Å². The first kappa shape index (κ1) is 43.8. The van der Waals surface area contributed by atoms with Crippen LogP contribution in [0.4, 0.5) is 0 Å². The highest BCUT2D eigenvalue weighted by Crippen LogP contribution is 2.57. The Kier molecular flexibility index (Phi) is 16.0. The molecular formula is C54H95I. The standard InChI is InChI=1S/C54H95I/c1-36(18-20-44-33-45(21-19-37(44)2)38(3)32-52-42(16-12-30-55)24-23-41-14-10-11-17-50(41)52)43-26-28-49(39(4)31-43)51-29-27-48(35-53(51)54(5,6)7)47-25-22-40-13-8-9-15-46(40)34-47/h36-53H,8-35H2,1-7H3/t36?,37?,38-,39?,40?,41?,42?,43?,44?,45?,46+,47?,48?,49?,50?,51?,52?,53?/m1/s1. The minimum atomic E-state index is 0.465. The highest BCUT2D eigenvalue weighted by Gasteiger charge is 2.47. The Morgan fingerprint density at radius 2 is 1.13 bits per heavy atom. The third-order valence-corrected chi connectivity index (χ3v) is 21.3. The summed E-state index contributed by atoms with van der Waals surface area (Å²) in [7, 11) is 0. The van der Waals surface area contributed by atoms with Crippen LogP contribution in [0, 0.1) is 112 Å². The second-order valence-electron chi connectivity index (χ2n) is 24.4. The Hall–Kier alpha value is 0.730. The van der Waals surface area contributed by atoms with E-state index in [9.17, 15) is 0 Å². The van der Waals surface area contributed by atoms with Gasteiger partial charge in [0, 0.05) is 0 Å². The summed E-state index contributed by atoms with van der Waals surface area (Å²) in [6.45, 7) is 18.7. The van der Waals surface area contributed by atoms with E-state index in [0.29, 0.717) is 5.41 Å². The van der Waals surface area contributed by atoms with E-state index >= 15 is 0 Å². The maximum Gasteiger partial charge on any atom is -0.000462 e. The summed E-state index contributed by atoms with van der Waals surface area (Å²) in [5.41, 5.74) is 0.465. The van der Waals surface area contributed by atoms with Crippen LogP contribution in [0.25, 0.3) is 0 Å². The second kappa shape index (κ2) is 20.1. The third-order valence-electron chi connectivity index (χ3n) is 20.5. The van der Waals surface area contributed by atoms with Gasteiger partial charge in [-0.05, 0) is 232 Å². The van der Waals surface area contributed by atoms with Gasteiger partial charge in [-0.15, -0.1) is 0 Å². The summed E-state index contributed by atoms with van der Waals surface area (Å²) in [6, 6.07) is 0. The first-order valence-electron chi connectivity index (χ1n) is 26.1. The van der Waals surface area contributed by atoms with Gasteiger partial charge in [-0.1, -0.05) is 129 Å². The van der Waals surface area contributed by atoms with Crippen molar-refractivity contribution < 1.29 is 0 Å². The Bertz CT molecular complexity index is 1130. The molecule has 318 valence electrons. The first-order chi connectivity index (χ1) is 26.5. The lowest BCUT2D eigenvalue weighted by Crippen LogP contribution is -2.43. The minimum Gasteiger partial charge on any atom is -0.0864 e. The van der Waals surface area contributed by atoms with E-state index in [0.717, 1.165) is 107 Å². The monoisotopic (exact) mass is 871 g/mol. The van der Waals surface area contributed by atoms with Crippen molar-refractivity contribution in [3.8, 4) is 0 Å². The minimum absolute atomic E-state index is 0.465. The maximum absolute atomic E-state index is 2.74. The molecule has 7 aliphatic rings. The van der Waals surface area contributed by atoms with E-state index in [4.69, 9.17) is 0 Å². The van der Waals surface area contributed by atoms with Crippen LogP contribution in [0.15, 0.2) is 0 Å². The average Bonchev–Trinajstić information content (AvgIpc) is 3.19. The van der Waals surface area contributed by atoms with E-state index < -0.39 is 0 Å². The van der Waals surface area contributed by atoms with Crippen LogP contribution in [0.3, 0.4) is 0 Å². The lowest BCUT2D eigenvalue weighted by molar-refractivity contribution is -0.0249. The van der Waals surface area contributed by atoms with Gasteiger partial charge in [0.25, 0.3) is 0 Å². The van der Waals surface area contributed by atoms with Gasteiger partial charge in [-0.2, -0.15) is 0 Å². The largest absolute Gasteiger partial charge is 0.0864 e. The lowest BCUT2D eigenvalue weighted by Gasteiger charge is -2.52. The number of hydrogen-bond donors (Lipinski definition) is 0. The van der Waals surface area contributed by atoms with Crippen molar-refractivity contribution >= 4 is 22.6 Å². The normalized spacial score (nSPS) is 45.6. The number of rotatable bonds is 12. The second-order valence-corrected chi connectivity index (χ2v) is 25.5. The predicted octanol–water partition coefficient (Wildman–Crippen LogP) is 17.3. The lowest BCUT2D eigenvalue weighted by atomic mass is 9.53. The molecule has 0 aliphatic heterocycles. The number of halogens is 1. The van der Waals surface area contributed by atoms with Crippen LogP contribution in [-0.2, 0) is 0 Å². The maximum atomic E-state index is 2.74. The predicted molar refractivity (Wildman–Crippen MR) is 249 cm³/mol. The fraction of sp³-hybridized carbons (Fsp3) is 1.00. The molecule has 1 heteroatoms. The molecule has 0 radical (unpaired) electrons. The van der Waals surface area contributed by atoms with Crippen molar-refractivity contribution in [2.45, 2.75) is 222 Å². The summed E-state index contributed by atoms with van der Waals surface area (Å²) in [4.78, 5) is 0. The molecule has 0 nitrogen and oxygen atoms in total. The molecule has 0 aromatic carbocycles. The van der Waals surface area contributed by atoms with Gasteiger partial charge in [0.15, 0.2) is 0 Å². The fourth-order valence-electron chi connectivity index (χ4n) is 17.0. The molecule has 0 aromatic rings. The summed E-state index contributed by atoms with van der Waals surface area (Å²) in [5, 5.41) is 0. The van der Waals surface area contributed by atoms with Crippen LogP contribution >= 0.6 is 22.6 Å². The van der Waals surface area contributed by atoms with Crippen LogP contribution in [0.5, 0.6) is 0 Å². The summed E-state index contributed by atoms with van der Waals surface area (Å²) in [6.07, 6.45) is 41.9. The molecule has 0 aromatic heterocycles. The Morgan fingerprint density at radius 3 is 1.89 bits per heavy atom. The fourth-order valence-corrected chi connectivity index (χ4v) is 17.5. The highest BCUT2D eigenvalue weighted by molar-refractivity contribution is 14.1. The number of hydrogen-bond acceptors (Lipinski definition) is 0. The van der Waals surface area contributed by atoms with Gasteiger partial charge in [0.1, 0.15) is 0 Å². The zero-order valence-electron chi connectivity index (χ0n) is 38.1.